The minimum absolute atomic E-state index is 0. The van der Waals surface area contributed by atoms with Gasteiger partial charge in [-0.2, -0.15) is 0 Å². The van der Waals surface area contributed by atoms with Crippen LogP contribution >= 0.6 is 0 Å². The third-order valence-electron chi connectivity index (χ3n) is 0. The molecular formula is H14Na4O5. The van der Waals surface area contributed by atoms with Gasteiger partial charge in [0.15, 0.2) is 0 Å². The molecule has 0 radical (unpaired) electrons. The van der Waals surface area contributed by atoms with E-state index in [0.29, 0.717) is 0 Å². The van der Waals surface area contributed by atoms with Gasteiger partial charge in [0.1, 0.15) is 0 Å². The average molecular weight is 186 g/mol. The molecule has 0 bridgehead atoms. The summed E-state index contributed by atoms with van der Waals surface area (Å²) < 4.78 is 0. The molecular weight excluding hydrogens is 172 g/mol. The molecule has 9 heavy (non-hydrogen) atoms. The van der Waals surface area contributed by atoms with Crippen molar-refractivity contribution >= 4 is 118 Å². The summed E-state index contributed by atoms with van der Waals surface area (Å²) in [5, 5.41) is 0. The maximum atomic E-state index is 0. The van der Waals surface area contributed by atoms with E-state index in [9.17, 15) is 0 Å². The Morgan fingerprint density at radius 3 is 0.222 bits per heavy atom. The average Bonchev–Trinajstić information content (AvgIpc) is 0. The molecule has 0 heterocycles. The van der Waals surface area contributed by atoms with Gasteiger partial charge < -0.3 is 27.4 Å². The van der Waals surface area contributed by atoms with Crippen molar-refractivity contribution in [2.75, 3.05) is 0 Å². The summed E-state index contributed by atoms with van der Waals surface area (Å²) in [5.41, 5.74) is 0. The molecule has 48 valence electrons. The maximum absolute atomic E-state index is 0. The molecule has 0 amide bonds. The Labute approximate surface area is 142 Å². The van der Waals surface area contributed by atoms with Crippen molar-refractivity contribution in [3.63, 3.8) is 0 Å². The Bertz CT molecular complexity index is 8.92. The molecule has 0 unspecified atom stereocenters. The quantitative estimate of drug-likeness (QED) is 0.329. The van der Waals surface area contributed by atoms with Gasteiger partial charge in [-0.1, -0.05) is 0 Å². The third kappa shape index (κ3) is 78.5. The van der Waals surface area contributed by atoms with Crippen LogP contribution in [0.15, 0.2) is 0 Å². The Kier molecular flexibility index (Phi) is 1310. The molecule has 0 aliphatic heterocycles. The second-order valence-corrected chi connectivity index (χ2v) is 0. The van der Waals surface area contributed by atoms with Crippen LogP contribution in [0.1, 0.15) is 0 Å². The fourth-order valence-corrected chi connectivity index (χ4v) is 0. The van der Waals surface area contributed by atoms with E-state index < -0.39 is 0 Å². The van der Waals surface area contributed by atoms with Gasteiger partial charge in [0, 0.05) is 0 Å². The van der Waals surface area contributed by atoms with Crippen molar-refractivity contribution in [3.05, 3.63) is 0 Å². The summed E-state index contributed by atoms with van der Waals surface area (Å²) in [7, 11) is 0. The molecule has 0 atom stereocenters. The first kappa shape index (κ1) is 123. The molecule has 0 aliphatic carbocycles. The normalized spacial score (nSPS) is 0. The van der Waals surface area contributed by atoms with E-state index >= 15 is 0 Å². The van der Waals surface area contributed by atoms with E-state index in [1.807, 2.05) is 0 Å². The summed E-state index contributed by atoms with van der Waals surface area (Å²) in [4.78, 5) is 0. The van der Waals surface area contributed by atoms with Crippen molar-refractivity contribution in [2.45, 2.75) is 0 Å². The molecule has 5 nitrogen and oxygen atoms in total. The van der Waals surface area contributed by atoms with Gasteiger partial charge in [0.25, 0.3) is 0 Å². The molecule has 10 N–H and O–H groups in total. The number of rotatable bonds is 0. The first-order chi connectivity index (χ1) is 0. The molecule has 9 heteroatoms. The molecule has 0 rings (SSSR count). The molecule has 0 saturated heterocycles. The zero-order chi connectivity index (χ0) is 0. The molecule has 0 aromatic heterocycles. The van der Waals surface area contributed by atoms with Crippen LogP contribution in [0.25, 0.3) is 0 Å². The van der Waals surface area contributed by atoms with Crippen LogP contribution in [0, 0.1) is 0 Å². The number of hydrogen-bond donors (Lipinski definition) is 0. The van der Waals surface area contributed by atoms with Gasteiger partial charge in [-0.15, -0.1) is 0 Å². The van der Waals surface area contributed by atoms with Crippen LogP contribution in [0.3, 0.4) is 0 Å². The van der Waals surface area contributed by atoms with Crippen molar-refractivity contribution in [1.29, 1.82) is 0 Å². The molecule has 0 fully saturated rings. The zero-order valence-electron chi connectivity index (χ0n) is 2.50. The van der Waals surface area contributed by atoms with E-state index in [4.69, 9.17) is 0 Å². The fourth-order valence-electron chi connectivity index (χ4n) is 0. The van der Waals surface area contributed by atoms with Crippen LogP contribution in [0.5, 0.6) is 0 Å². The number of hydrogen-bond acceptors (Lipinski definition) is 0. The van der Waals surface area contributed by atoms with Crippen molar-refractivity contribution in [1.82, 2.24) is 0 Å². The molecule has 0 aromatic rings. The third-order valence-corrected chi connectivity index (χ3v) is 0. The summed E-state index contributed by atoms with van der Waals surface area (Å²) >= 11 is 0. The van der Waals surface area contributed by atoms with Gasteiger partial charge in [-0.3, -0.25) is 0 Å². The Morgan fingerprint density at radius 2 is 0.222 bits per heavy atom. The SMILES string of the molecule is O.O.O.O.O.[NaH].[NaH].[NaH].[NaH]. The molecule has 0 aliphatic rings. The van der Waals surface area contributed by atoms with Gasteiger partial charge >= 0.3 is 118 Å². The summed E-state index contributed by atoms with van der Waals surface area (Å²) in [5.74, 6) is 0. The van der Waals surface area contributed by atoms with E-state index in [-0.39, 0.29) is 146 Å². The predicted octanol–water partition coefficient (Wildman–Crippen LogP) is -6.72. The zero-order valence-corrected chi connectivity index (χ0v) is 2.50. The van der Waals surface area contributed by atoms with E-state index in [2.05, 4.69) is 0 Å². The van der Waals surface area contributed by atoms with Crippen LogP contribution in [0.4, 0.5) is 0 Å². The van der Waals surface area contributed by atoms with E-state index in [0.717, 1.165) is 0 Å². The second kappa shape index (κ2) is 95.3. The molecule has 0 spiro atoms. The standard InChI is InChI=1S/4Na.5H2O.4H/h;;;;5*1H2;;;;. The van der Waals surface area contributed by atoms with Gasteiger partial charge in [0.05, 0.1) is 0 Å². The topological polar surface area (TPSA) is 158 Å². The summed E-state index contributed by atoms with van der Waals surface area (Å²) in [6.45, 7) is 0. The summed E-state index contributed by atoms with van der Waals surface area (Å²) in [6, 6.07) is 0. The Hall–Kier alpha value is 3.80. The van der Waals surface area contributed by atoms with E-state index in [1.165, 1.54) is 0 Å². The van der Waals surface area contributed by atoms with E-state index in [1.54, 1.807) is 0 Å². The summed E-state index contributed by atoms with van der Waals surface area (Å²) in [6.07, 6.45) is 0. The van der Waals surface area contributed by atoms with Gasteiger partial charge in [-0.25, -0.2) is 0 Å². The van der Waals surface area contributed by atoms with Crippen LogP contribution in [-0.2, 0) is 0 Å². The monoisotopic (exact) mass is 186 g/mol. The minimum atomic E-state index is 0. The van der Waals surface area contributed by atoms with Gasteiger partial charge in [-0.05, 0) is 0 Å². The Balaban J connectivity index is 0. The first-order valence-electron chi connectivity index (χ1n) is 0. The second-order valence-electron chi connectivity index (χ2n) is 0. The molecule has 0 saturated carbocycles. The van der Waals surface area contributed by atoms with Crippen molar-refractivity contribution in [2.24, 2.45) is 0 Å². The van der Waals surface area contributed by atoms with Gasteiger partial charge in [0.2, 0.25) is 0 Å². The first-order valence-corrected chi connectivity index (χ1v) is 0. The Morgan fingerprint density at radius 1 is 0.222 bits per heavy atom. The van der Waals surface area contributed by atoms with Crippen LogP contribution < -0.4 is 0 Å². The van der Waals surface area contributed by atoms with Crippen LogP contribution in [0.2, 0.25) is 0 Å². The van der Waals surface area contributed by atoms with Crippen LogP contribution in [-0.4, -0.2) is 146 Å². The predicted molar refractivity (Wildman–Crippen MR) is 46.7 cm³/mol. The molecule has 0 aromatic carbocycles. The van der Waals surface area contributed by atoms with Crippen molar-refractivity contribution in [3.8, 4) is 0 Å². The van der Waals surface area contributed by atoms with Crippen molar-refractivity contribution < 1.29 is 27.4 Å². The fraction of sp³-hybridized carbons (Fsp3) is 0.